The van der Waals surface area contributed by atoms with E-state index in [1.54, 1.807) is 12.3 Å². The van der Waals surface area contributed by atoms with Crippen molar-refractivity contribution < 1.29 is 9.23 Å². The first-order valence-electron chi connectivity index (χ1n) is 10.9. The topological polar surface area (TPSA) is 106 Å². The standard InChI is InChI=1S/C24H27FN8O/c1-32(2)9-4-10-34-30-14-21-23(26)27-16-28-24(21)31-20-7-8-22-18(12-20)13-29-33(22)15-17-5-3-6-19(25)11-17/h3,5-8,11-14,16H,4,9-10,15H2,1-2H3,(H3,26,27,28,31)/b30-14+. The Labute approximate surface area is 197 Å². The van der Waals surface area contributed by atoms with Crippen LogP contribution in [0.5, 0.6) is 0 Å². The number of benzene rings is 2. The van der Waals surface area contributed by atoms with Gasteiger partial charge in [0.2, 0.25) is 0 Å². The Morgan fingerprint density at radius 2 is 2.09 bits per heavy atom. The highest BCUT2D eigenvalue weighted by atomic mass is 19.1. The summed E-state index contributed by atoms with van der Waals surface area (Å²) in [5.74, 6) is 0.546. The number of nitrogens with zero attached hydrogens (tertiary/aromatic N) is 6. The summed E-state index contributed by atoms with van der Waals surface area (Å²) in [6.07, 6.45) is 5.55. The Morgan fingerprint density at radius 1 is 1.21 bits per heavy atom. The zero-order valence-electron chi connectivity index (χ0n) is 19.1. The van der Waals surface area contributed by atoms with Crippen molar-refractivity contribution in [3.8, 4) is 0 Å². The number of aromatic nitrogens is 4. The molecule has 4 rings (SSSR count). The van der Waals surface area contributed by atoms with Gasteiger partial charge in [0, 0.05) is 17.6 Å². The first-order valence-corrected chi connectivity index (χ1v) is 10.9. The van der Waals surface area contributed by atoms with Crippen LogP contribution in [0.2, 0.25) is 0 Å². The van der Waals surface area contributed by atoms with Gasteiger partial charge in [0.15, 0.2) is 0 Å². The number of rotatable bonds is 10. The smallest absolute Gasteiger partial charge is 0.144 e. The van der Waals surface area contributed by atoms with Gasteiger partial charge in [-0.05, 0) is 56.4 Å². The Morgan fingerprint density at radius 3 is 2.91 bits per heavy atom. The molecule has 0 radical (unpaired) electrons. The van der Waals surface area contributed by atoms with E-state index in [1.807, 2.05) is 43.0 Å². The highest BCUT2D eigenvalue weighted by molar-refractivity contribution is 5.93. The van der Waals surface area contributed by atoms with E-state index in [0.717, 1.165) is 35.1 Å². The van der Waals surface area contributed by atoms with Crippen molar-refractivity contribution in [1.29, 1.82) is 0 Å². The fourth-order valence-corrected chi connectivity index (χ4v) is 3.46. The van der Waals surface area contributed by atoms with Crippen LogP contribution in [0, 0.1) is 5.82 Å². The van der Waals surface area contributed by atoms with Crippen molar-refractivity contribution in [2.45, 2.75) is 13.0 Å². The lowest BCUT2D eigenvalue weighted by Gasteiger charge is -2.10. The predicted octanol–water partition coefficient (Wildman–Crippen LogP) is 3.64. The fraction of sp³-hybridized carbons (Fsp3) is 0.250. The van der Waals surface area contributed by atoms with Crippen LogP contribution in [0.15, 0.2) is 60.1 Å². The molecule has 3 N–H and O–H groups in total. The molecule has 2 aromatic carbocycles. The molecule has 0 aliphatic carbocycles. The summed E-state index contributed by atoms with van der Waals surface area (Å²) >= 11 is 0. The maximum Gasteiger partial charge on any atom is 0.144 e. The molecule has 0 aliphatic heterocycles. The number of hydrogen-bond acceptors (Lipinski definition) is 8. The van der Waals surface area contributed by atoms with E-state index in [4.69, 9.17) is 10.6 Å². The molecule has 0 fully saturated rings. The minimum absolute atomic E-state index is 0.261. The van der Waals surface area contributed by atoms with Crippen molar-refractivity contribution in [2.24, 2.45) is 5.16 Å². The molecule has 0 spiro atoms. The normalized spacial score (nSPS) is 11.5. The SMILES string of the molecule is CN(C)CCCO/N=C/c1c(N)ncnc1Nc1ccc2c(cnn2Cc2cccc(F)c2)c1. The number of oxime groups is 1. The molecule has 2 heterocycles. The molecule has 0 saturated carbocycles. The lowest BCUT2D eigenvalue weighted by Crippen LogP contribution is -2.14. The number of hydrogen-bond donors (Lipinski definition) is 2. The molecule has 0 amide bonds. The second kappa shape index (κ2) is 10.7. The third-order valence-electron chi connectivity index (χ3n) is 5.14. The van der Waals surface area contributed by atoms with Gasteiger partial charge < -0.3 is 20.8 Å². The third kappa shape index (κ3) is 5.84. The van der Waals surface area contributed by atoms with Gasteiger partial charge in [-0.2, -0.15) is 5.10 Å². The summed E-state index contributed by atoms with van der Waals surface area (Å²) < 4.78 is 15.4. The van der Waals surface area contributed by atoms with Crippen LogP contribution in [0.4, 0.5) is 21.7 Å². The molecule has 10 heteroatoms. The Balaban J connectivity index is 1.48. The molecule has 0 bridgehead atoms. The molecule has 176 valence electrons. The van der Waals surface area contributed by atoms with E-state index >= 15 is 0 Å². The number of nitrogens with two attached hydrogens (primary N) is 1. The Bertz CT molecular complexity index is 1290. The van der Waals surface area contributed by atoms with E-state index < -0.39 is 0 Å². The van der Waals surface area contributed by atoms with Crippen LogP contribution in [0.3, 0.4) is 0 Å². The molecule has 0 atom stereocenters. The number of nitrogens with one attached hydrogen (secondary N) is 1. The van der Waals surface area contributed by atoms with Gasteiger partial charge >= 0.3 is 0 Å². The van der Waals surface area contributed by atoms with Gasteiger partial charge in [-0.1, -0.05) is 17.3 Å². The molecular weight excluding hydrogens is 435 g/mol. The number of nitrogen functional groups attached to an aromatic ring is 1. The van der Waals surface area contributed by atoms with E-state index in [0.29, 0.717) is 30.4 Å². The first kappa shape index (κ1) is 23.1. The van der Waals surface area contributed by atoms with Gasteiger partial charge in [-0.15, -0.1) is 0 Å². The van der Waals surface area contributed by atoms with E-state index in [9.17, 15) is 4.39 Å². The highest BCUT2D eigenvalue weighted by Crippen LogP contribution is 2.24. The highest BCUT2D eigenvalue weighted by Gasteiger charge is 2.10. The van der Waals surface area contributed by atoms with E-state index in [1.165, 1.54) is 24.7 Å². The summed E-state index contributed by atoms with van der Waals surface area (Å²) in [5.41, 5.74) is 9.17. The van der Waals surface area contributed by atoms with Crippen LogP contribution < -0.4 is 11.1 Å². The summed E-state index contributed by atoms with van der Waals surface area (Å²) in [7, 11) is 4.02. The van der Waals surface area contributed by atoms with Gasteiger partial charge in [-0.3, -0.25) is 4.68 Å². The number of halogens is 1. The van der Waals surface area contributed by atoms with Crippen LogP contribution in [0.1, 0.15) is 17.5 Å². The maximum atomic E-state index is 13.5. The quantitative estimate of drug-likeness (QED) is 0.210. The predicted molar refractivity (Wildman–Crippen MR) is 132 cm³/mol. The number of anilines is 3. The maximum absolute atomic E-state index is 13.5. The molecule has 0 saturated heterocycles. The summed E-state index contributed by atoms with van der Waals surface area (Å²) in [4.78, 5) is 15.8. The monoisotopic (exact) mass is 462 g/mol. The van der Waals surface area contributed by atoms with Crippen molar-refractivity contribution >= 4 is 34.4 Å². The lowest BCUT2D eigenvalue weighted by atomic mass is 10.2. The first-order chi connectivity index (χ1) is 16.5. The van der Waals surface area contributed by atoms with Gasteiger partial charge in [0.1, 0.15) is 30.4 Å². The zero-order valence-corrected chi connectivity index (χ0v) is 19.1. The minimum atomic E-state index is -0.261. The van der Waals surface area contributed by atoms with Crippen LogP contribution >= 0.6 is 0 Å². The number of fused-ring (bicyclic) bond motifs is 1. The summed E-state index contributed by atoms with van der Waals surface area (Å²) in [5, 5.41) is 12.7. The average Bonchev–Trinajstić information content (AvgIpc) is 3.19. The fourth-order valence-electron chi connectivity index (χ4n) is 3.46. The largest absolute Gasteiger partial charge is 0.396 e. The average molecular weight is 463 g/mol. The van der Waals surface area contributed by atoms with Crippen molar-refractivity contribution in [1.82, 2.24) is 24.6 Å². The second-order valence-corrected chi connectivity index (χ2v) is 8.08. The Hall–Kier alpha value is -4.05. The molecule has 4 aromatic rings. The van der Waals surface area contributed by atoms with E-state index in [2.05, 4.69) is 30.4 Å². The molecule has 34 heavy (non-hydrogen) atoms. The summed E-state index contributed by atoms with van der Waals surface area (Å²) in [6.45, 7) is 1.90. The molecule has 9 nitrogen and oxygen atoms in total. The van der Waals surface area contributed by atoms with Gasteiger partial charge in [0.25, 0.3) is 0 Å². The van der Waals surface area contributed by atoms with Crippen molar-refractivity contribution in [2.75, 3.05) is 38.3 Å². The van der Waals surface area contributed by atoms with E-state index in [-0.39, 0.29) is 5.82 Å². The Kier molecular flexibility index (Phi) is 7.28. The summed E-state index contributed by atoms with van der Waals surface area (Å²) in [6, 6.07) is 12.3. The van der Waals surface area contributed by atoms with Crippen LogP contribution in [-0.2, 0) is 11.4 Å². The van der Waals surface area contributed by atoms with Crippen LogP contribution in [0.25, 0.3) is 10.9 Å². The molecule has 2 aromatic heterocycles. The lowest BCUT2D eigenvalue weighted by molar-refractivity contribution is 0.136. The minimum Gasteiger partial charge on any atom is -0.396 e. The molecular formula is C24H27FN8O. The molecule has 0 aliphatic rings. The van der Waals surface area contributed by atoms with Crippen molar-refractivity contribution in [3.05, 3.63) is 71.9 Å². The molecule has 0 unspecified atom stereocenters. The zero-order chi connectivity index (χ0) is 23.9. The van der Waals surface area contributed by atoms with Crippen molar-refractivity contribution in [3.63, 3.8) is 0 Å². The second-order valence-electron chi connectivity index (χ2n) is 8.08. The van der Waals surface area contributed by atoms with Crippen LogP contribution in [-0.4, -0.2) is 58.1 Å². The van der Waals surface area contributed by atoms with Gasteiger partial charge in [-0.25, -0.2) is 14.4 Å². The van der Waals surface area contributed by atoms with Gasteiger partial charge in [0.05, 0.1) is 30.0 Å². The third-order valence-corrected chi connectivity index (χ3v) is 5.14.